The average molecular weight is 222 g/mol. The Hall–Kier alpha value is -1.35. The number of esters is 1. The predicted molar refractivity (Wildman–Crippen MR) is 62.2 cm³/mol. The maximum absolute atomic E-state index is 11.0. The molecule has 88 valence electrons. The Kier molecular flexibility index (Phi) is 6.26. The molecule has 0 atom stereocenters. The third-order valence-corrected chi connectivity index (χ3v) is 2.13. The topological polar surface area (TPSA) is 35.5 Å². The number of rotatable bonds is 7. The Morgan fingerprint density at radius 2 is 1.94 bits per heavy atom. The lowest BCUT2D eigenvalue weighted by Gasteiger charge is -2.04. The Morgan fingerprint density at radius 3 is 2.62 bits per heavy atom. The van der Waals surface area contributed by atoms with Gasteiger partial charge in [0.1, 0.15) is 0 Å². The van der Waals surface area contributed by atoms with E-state index in [0.717, 1.165) is 6.42 Å². The molecule has 0 aliphatic heterocycles. The number of ether oxygens (including phenoxy) is 2. The van der Waals surface area contributed by atoms with Gasteiger partial charge in [-0.05, 0) is 18.9 Å². The molecule has 0 radical (unpaired) electrons. The summed E-state index contributed by atoms with van der Waals surface area (Å²) in [6.45, 7) is 3.31. The fourth-order valence-electron chi connectivity index (χ4n) is 1.33. The van der Waals surface area contributed by atoms with Gasteiger partial charge in [-0.25, -0.2) is 0 Å². The van der Waals surface area contributed by atoms with Crippen molar-refractivity contribution in [3.63, 3.8) is 0 Å². The van der Waals surface area contributed by atoms with Crippen molar-refractivity contribution >= 4 is 5.97 Å². The second kappa shape index (κ2) is 7.88. The second-order valence-electron chi connectivity index (χ2n) is 3.40. The molecule has 0 aliphatic rings. The molecular weight excluding hydrogens is 204 g/mol. The molecule has 0 saturated heterocycles. The minimum atomic E-state index is -0.192. The summed E-state index contributed by atoms with van der Waals surface area (Å²) >= 11 is 0. The van der Waals surface area contributed by atoms with Crippen LogP contribution in [0.4, 0.5) is 0 Å². The highest BCUT2D eigenvalue weighted by atomic mass is 16.5. The zero-order valence-electron chi connectivity index (χ0n) is 9.65. The molecule has 1 rings (SSSR count). The van der Waals surface area contributed by atoms with Crippen LogP contribution in [0.15, 0.2) is 30.3 Å². The average Bonchev–Trinajstić information content (AvgIpc) is 2.30. The highest BCUT2D eigenvalue weighted by Crippen LogP contribution is 1.99. The molecule has 0 aliphatic carbocycles. The third-order valence-electron chi connectivity index (χ3n) is 2.13. The van der Waals surface area contributed by atoms with Gasteiger partial charge in [0.05, 0.1) is 26.2 Å². The van der Waals surface area contributed by atoms with E-state index in [1.54, 1.807) is 6.92 Å². The van der Waals surface area contributed by atoms with E-state index < -0.39 is 0 Å². The molecule has 3 heteroatoms. The minimum Gasteiger partial charge on any atom is -0.466 e. The zero-order chi connectivity index (χ0) is 11.6. The lowest BCUT2D eigenvalue weighted by Crippen LogP contribution is -2.09. The van der Waals surface area contributed by atoms with Gasteiger partial charge in [0.25, 0.3) is 0 Å². The van der Waals surface area contributed by atoms with Crippen molar-refractivity contribution in [3.8, 4) is 0 Å². The van der Waals surface area contributed by atoms with Crippen LogP contribution in [0.3, 0.4) is 0 Å². The maximum Gasteiger partial charge on any atom is 0.308 e. The molecule has 3 nitrogen and oxygen atoms in total. The van der Waals surface area contributed by atoms with E-state index in [1.807, 2.05) is 18.2 Å². The van der Waals surface area contributed by atoms with Crippen LogP contribution in [0, 0.1) is 0 Å². The molecule has 0 spiro atoms. The first-order valence-corrected chi connectivity index (χ1v) is 5.60. The number of hydrogen-bond donors (Lipinski definition) is 0. The number of benzene rings is 1. The fraction of sp³-hybridized carbons (Fsp3) is 0.462. The first-order chi connectivity index (χ1) is 7.83. The van der Waals surface area contributed by atoms with Gasteiger partial charge in [-0.1, -0.05) is 30.3 Å². The molecule has 0 aromatic heterocycles. The van der Waals surface area contributed by atoms with E-state index in [-0.39, 0.29) is 5.97 Å². The fourth-order valence-corrected chi connectivity index (χ4v) is 1.33. The van der Waals surface area contributed by atoms with Crippen LogP contribution in [0.25, 0.3) is 0 Å². The summed E-state index contributed by atoms with van der Waals surface area (Å²) in [5, 5.41) is 0. The van der Waals surface area contributed by atoms with E-state index in [4.69, 9.17) is 9.47 Å². The van der Waals surface area contributed by atoms with Crippen molar-refractivity contribution in [1.29, 1.82) is 0 Å². The summed E-state index contributed by atoms with van der Waals surface area (Å²) in [6, 6.07) is 10.1. The largest absolute Gasteiger partial charge is 0.466 e. The van der Waals surface area contributed by atoms with Gasteiger partial charge in [0.15, 0.2) is 0 Å². The van der Waals surface area contributed by atoms with Gasteiger partial charge in [-0.2, -0.15) is 0 Å². The Labute approximate surface area is 96.4 Å². The van der Waals surface area contributed by atoms with Crippen molar-refractivity contribution < 1.29 is 14.3 Å². The van der Waals surface area contributed by atoms with Crippen molar-refractivity contribution in [2.75, 3.05) is 19.8 Å². The first kappa shape index (κ1) is 12.7. The van der Waals surface area contributed by atoms with Gasteiger partial charge in [-0.3, -0.25) is 4.79 Å². The molecule has 0 unspecified atom stereocenters. The van der Waals surface area contributed by atoms with E-state index in [2.05, 4.69) is 12.1 Å². The molecule has 0 saturated carbocycles. The summed E-state index contributed by atoms with van der Waals surface area (Å²) in [5.74, 6) is -0.192. The summed E-state index contributed by atoms with van der Waals surface area (Å²) in [5.41, 5.74) is 1.25. The summed E-state index contributed by atoms with van der Waals surface area (Å²) in [7, 11) is 0. The molecule has 0 fully saturated rings. The maximum atomic E-state index is 11.0. The van der Waals surface area contributed by atoms with Gasteiger partial charge in [-0.15, -0.1) is 0 Å². The molecule has 16 heavy (non-hydrogen) atoms. The Bertz CT molecular complexity index is 295. The van der Waals surface area contributed by atoms with Crippen LogP contribution in [0.2, 0.25) is 0 Å². The number of hydrogen-bond acceptors (Lipinski definition) is 3. The first-order valence-electron chi connectivity index (χ1n) is 5.60. The molecule has 1 aromatic carbocycles. The Balaban J connectivity index is 2.02. The van der Waals surface area contributed by atoms with Crippen molar-refractivity contribution in [3.05, 3.63) is 35.9 Å². The molecule has 0 bridgehead atoms. The van der Waals surface area contributed by atoms with E-state index in [9.17, 15) is 4.79 Å². The highest BCUT2D eigenvalue weighted by Gasteiger charge is 2.00. The third kappa shape index (κ3) is 5.51. The van der Waals surface area contributed by atoms with Crippen LogP contribution in [-0.4, -0.2) is 25.8 Å². The van der Waals surface area contributed by atoms with Gasteiger partial charge in [0, 0.05) is 0 Å². The van der Waals surface area contributed by atoms with Crippen LogP contribution in [0.5, 0.6) is 0 Å². The lowest BCUT2D eigenvalue weighted by atomic mass is 10.2. The van der Waals surface area contributed by atoms with Crippen LogP contribution in [-0.2, 0) is 20.7 Å². The van der Waals surface area contributed by atoms with Gasteiger partial charge in [0.2, 0.25) is 0 Å². The normalized spacial score (nSPS) is 10.1. The summed E-state index contributed by atoms with van der Waals surface area (Å²) in [4.78, 5) is 11.0. The monoisotopic (exact) mass is 222 g/mol. The second-order valence-corrected chi connectivity index (χ2v) is 3.40. The molecular formula is C13H18O3. The van der Waals surface area contributed by atoms with E-state index in [1.165, 1.54) is 5.56 Å². The molecule has 0 heterocycles. The van der Waals surface area contributed by atoms with Crippen LogP contribution >= 0.6 is 0 Å². The quantitative estimate of drug-likeness (QED) is 0.524. The summed E-state index contributed by atoms with van der Waals surface area (Å²) < 4.78 is 10.1. The highest BCUT2D eigenvalue weighted by molar-refractivity contribution is 5.69. The predicted octanol–water partition coefficient (Wildman–Crippen LogP) is 2.20. The van der Waals surface area contributed by atoms with E-state index in [0.29, 0.717) is 26.2 Å². The van der Waals surface area contributed by atoms with E-state index >= 15 is 0 Å². The zero-order valence-corrected chi connectivity index (χ0v) is 9.65. The van der Waals surface area contributed by atoms with Gasteiger partial charge >= 0.3 is 5.97 Å². The minimum absolute atomic E-state index is 0.192. The molecule has 1 aromatic rings. The lowest BCUT2D eigenvalue weighted by molar-refractivity contribution is -0.144. The molecule has 0 amide bonds. The van der Waals surface area contributed by atoms with Crippen LogP contribution < -0.4 is 0 Å². The van der Waals surface area contributed by atoms with Crippen molar-refractivity contribution in [2.45, 2.75) is 19.8 Å². The molecule has 0 N–H and O–H groups in total. The Morgan fingerprint density at radius 1 is 1.19 bits per heavy atom. The number of carbonyl (C=O) groups excluding carboxylic acids is 1. The van der Waals surface area contributed by atoms with Crippen LogP contribution in [0.1, 0.15) is 18.9 Å². The van der Waals surface area contributed by atoms with Crippen molar-refractivity contribution in [1.82, 2.24) is 0 Å². The van der Waals surface area contributed by atoms with Crippen molar-refractivity contribution in [2.24, 2.45) is 0 Å². The van der Waals surface area contributed by atoms with Gasteiger partial charge < -0.3 is 9.47 Å². The SMILES string of the molecule is CCOC(=O)CCOCCc1ccccc1. The standard InChI is InChI=1S/C13H18O3/c1-2-16-13(14)9-11-15-10-8-12-6-4-3-5-7-12/h3-7H,2,8-11H2,1H3. The summed E-state index contributed by atoms with van der Waals surface area (Å²) in [6.07, 6.45) is 1.21. The number of carbonyl (C=O) groups is 1. The smallest absolute Gasteiger partial charge is 0.308 e.